The third-order valence-electron chi connectivity index (χ3n) is 10.9. The van der Waals surface area contributed by atoms with E-state index in [1.807, 2.05) is 6.07 Å². The molecule has 2 aliphatic carbocycles. The third-order valence-corrected chi connectivity index (χ3v) is 11.6. The lowest BCUT2D eigenvalue weighted by Gasteiger charge is -2.18. The fraction of sp³-hybridized carbons (Fsp3) is 0.463. The summed E-state index contributed by atoms with van der Waals surface area (Å²) in [5.41, 5.74) is 3.82. The van der Waals surface area contributed by atoms with Crippen molar-refractivity contribution in [3.8, 4) is 11.8 Å². The normalized spacial score (nSPS) is 16.8. The number of nitrogens with zero attached hydrogens (tertiary/aromatic N) is 6. The second-order valence-corrected chi connectivity index (χ2v) is 15.7. The highest BCUT2D eigenvalue weighted by atomic mass is 35.5. The van der Waals surface area contributed by atoms with Crippen LogP contribution in [0.4, 0.5) is 11.9 Å². The van der Waals surface area contributed by atoms with Gasteiger partial charge in [-0.25, -0.2) is 19.6 Å². The molecule has 304 valence electrons. The lowest BCUT2D eigenvalue weighted by Crippen LogP contribution is -2.23. The van der Waals surface area contributed by atoms with Gasteiger partial charge in [0.05, 0.1) is 32.2 Å². The van der Waals surface area contributed by atoms with Gasteiger partial charge < -0.3 is 39.3 Å². The number of ether oxygens (including phenoxy) is 3. The van der Waals surface area contributed by atoms with Crippen molar-refractivity contribution in [3.05, 3.63) is 92.2 Å². The van der Waals surface area contributed by atoms with E-state index in [4.69, 9.17) is 37.4 Å². The molecule has 0 amide bonds. The van der Waals surface area contributed by atoms with Crippen LogP contribution in [0.15, 0.2) is 48.8 Å². The number of benzene rings is 2. The molecule has 0 unspecified atom stereocenters. The Morgan fingerprint density at radius 1 is 0.737 bits per heavy atom. The average Bonchev–Trinajstić information content (AvgIpc) is 4.04. The van der Waals surface area contributed by atoms with E-state index in [1.54, 1.807) is 37.3 Å². The number of halogens is 2. The van der Waals surface area contributed by atoms with E-state index >= 15 is 0 Å². The molecule has 2 aromatic carbocycles. The predicted octanol–water partition coefficient (Wildman–Crippen LogP) is 6.89. The molecule has 8 rings (SSSR count). The highest BCUT2D eigenvalue weighted by Gasteiger charge is 2.49. The third kappa shape index (κ3) is 9.86. The Kier molecular flexibility index (Phi) is 13.1. The van der Waals surface area contributed by atoms with Crippen LogP contribution in [-0.2, 0) is 31.2 Å². The van der Waals surface area contributed by atoms with Crippen LogP contribution >= 0.6 is 23.2 Å². The summed E-state index contributed by atoms with van der Waals surface area (Å²) in [5.74, 6) is -0.315. The zero-order valence-electron chi connectivity index (χ0n) is 31.0. The van der Waals surface area contributed by atoms with Gasteiger partial charge in [-0.1, -0.05) is 54.9 Å². The second kappa shape index (κ2) is 17.8. The van der Waals surface area contributed by atoms with Gasteiger partial charge in [0, 0.05) is 36.2 Å². The van der Waals surface area contributed by atoms with Crippen molar-refractivity contribution in [1.82, 2.24) is 19.9 Å². The van der Waals surface area contributed by atoms with Gasteiger partial charge in [-0.3, -0.25) is 0 Å². The van der Waals surface area contributed by atoms with Gasteiger partial charge in [0.1, 0.15) is 24.3 Å². The monoisotopic (exact) mass is 822 g/mol. The van der Waals surface area contributed by atoms with E-state index in [0.29, 0.717) is 43.9 Å². The Morgan fingerprint density at radius 3 is 1.58 bits per heavy atom. The van der Waals surface area contributed by atoms with Crippen LogP contribution in [-0.4, -0.2) is 80.0 Å². The summed E-state index contributed by atoms with van der Waals surface area (Å²) < 4.78 is 16.7. The lowest BCUT2D eigenvalue weighted by molar-refractivity contribution is 0.0518. The number of aromatic carboxylic acids is 1. The number of hydrogen-bond donors (Lipinski definition) is 3. The SMILES string of the molecule is C.CCOC(=O)c1cnc(N2CCC3(CC3)C2)nc1OCc1ccc(CO)c(Cl)c1.O=C(O)c1cnc(N2CCC3(CC3)C2)nc1OCc1ccc(CO)c(Cl)c1. The number of aliphatic hydroxyl groups is 2. The van der Waals surface area contributed by atoms with E-state index in [-0.39, 0.29) is 63.3 Å². The molecule has 2 saturated carbocycles. The minimum Gasteiger partial charge on any atom is -0.477 e. The quantitative estimate of drug-likeness (QED) is 0.119. The van der Waals surface area contributed by atoms with Gasteiger partial charge in [0.15, 0.2) is 0 Å². The Bertz CT molecular complexity index is 2100. The molecule has 2 aliphatic heterocycles. The first-order chi connectivity index (χ1) is 27.0. The van der Waals surface area contributed by atoms with Gasteiger partial charge in [0.2, 0.25) is 23.7 Å². The van der Waals surface area contributed by atoms with E-state index in [0.717, 1.165) is 50.1 Å². The highest BCUT2D eigenvalue weighted by Crippen LogP contribution is 2.54. The van der Waals surface area contributed by atoms with Crippen LogP contribution in [0.5, 0.6) is 11.8 Å². The highest BCUT2D eigenvalue weighted by molar-refractivity contribution is 6.31. The second-order valence-electron chi connectivity index (χ2n) is 14.9. The molecule has 4 fully saturated rings. The molecule has 14 nitrogen and oxygen atoms in total. The average molecular weight is 824 g/mol. The summed E-state index contributed by atoms with van der Waals surface area (Å²) in [5, 5.41) is 28.7. The van der Waals surface area contributed by atoms with Crippen molar-refractivity contribution < 1.29 is 39.1 Å². The number of anilines is 2. The molecule has 2 spiro atoms. The largest absolute Gasteiger partial charge is 0.477 e. The minimum atomic E-state index is -1.13. The standard InChI is InChI=1S/C21H24ClN3O4.C19H20ClN3O4.CH4/c1-2-28-19(27)16-10-23-20(25-8-7-21(13-25)5-6-21)24-18(16)29-12-14-3-4-15(11-26)17(22)9-14;20-15-7-12(1-2-13(15)9-24)10-27-16-14(17(25)26)8-21-18(22-16)23-6-5-19(11-23)3-4-19;/h3-4,9-10,26H,2,5-8,11-13H2,1H3;1-2,7-8,24H,3-6,9-11H2,(H,25,26);1H4. The molecule has 16 heteroatoms. The van der Waals surface area contributed by atoms with Crippen molar-refractivity contribution in [3.63, 3.8) is 0 Å². The van der Waals surface area contributed by atoms with E-state index in [1.165, 1.54) is 38.1 Å². The smallest absolute Gasteiger partial charge is 0.345 e. The molecule has 4 heterocycles. The summed E-state index contributed by atoms with van der Waals surface area (Å²) in [4.78, 5) is 45.6. The van der Waals surface area contributed by atoms with Crippen LogP contribution in [0.3, 0.4) is 0 Å². The number of rotatable bonds is 13. The summed E-state index contributed by atoms with van der Waals surface area (Å²) in [6.45, 7) is 5.69. The van der Waals surface area contributed by atoms with Gasteiger partial charge >= 0.3 is 11.9 Å². The molecule has 2 aromatic heterocycles. The van der Waals surface area contributed by atoms with Gasteiger partial charge in [-0.15, -0.1) is 0 Å². The first-order valence-corrected chi connectivity index (χ1v) is 19.4. The zero-order valence-corrected chi connectivity index (χ0v) is 32.6. The van der Waals surface area contributed by atoms with Gasteiger partial charge in [-0.2, -0.15) is 9.97 Å². The number of carboxylic acids is 1. The molecule has 4 aromatic rings. The lowest BCUT2D eigenvalue weighted by atomic mass is 10.1. The molecule has 0 radical (unpaired) electrons. The Hall–Kier alpha value is -4.76. The van der Waals surface area contributed by atoms with Crippen molar-refractivity contribution in [2.45, 2.75) is 79.3 Å². The number of carboxylic acid groups (broad SMARTS) is 1. The number of carbonyl (C=O) groups excluding carboxylic acids is 1. The van der Waals surface area contributed by atoms with E-state index in [9.17, 15) is 24.9 Å². The Morgan fingerprint density at radius 2 is 1.19 bits per heavy atom. The van der Waals surface area contributed by atoms with Crippen LogP contribution < -0.4 is 19.3 Å². The molecular formula is C41H48Cl2N6O8. The number of hydrogen-bond acceptors (Lipinski definition) is 13. The number of carbonyl (C=O) groups is 2. The van der Waals surface area contributed by atoms with Crippen LogP contribution in [0.2, 0.25) is 10.0 Å². The Balaban J connectivity index is 0.000000190. The fourth-order valence-electron chi connectivity index (χ4n) is 7.04. The summed E-state index contributed by atoms with van der Waals surface area (Å²) in [6.07, 6.45) is 10.1. The molecule has 57 heavy (non-hydrogen) atoms. The van der Waals surface area contributed by atoms with E-state index < -0.39 is 11.9 Å². The minimum absolute atomic E-state index is 0. The first-order valence-electron chi connectivity index (χ1n) is 18.7. The van der Waals surface area contributed by atoms with Crippen molar-refractivity contribution in [2.75, 3.05) is 42.6 Å². The molecular weight excluding hydrogens is 775 g/mol. The zero-order chi connectivity index (χ0) is 39.5. The summed E-state index contributed by atoms with van der Waals surface area (Å²) in [6, 6.07) is 10.5. The number of aliphatic hydroxyl groups excluding tert-OH is 2. The maximum Gasteiger partial charge on any atom is 0.345 e. The van der Waals surface area contributed by atoms with Crippen molar-refractivity contribution in [1.29, 1.82) is 0 Å². The Labute approximate surface area is 341 Å². The van der Waals surface area contributed by atoms with Gasteiger partial charge in [0.25, 0.3) is 0 Å². The maximum atomic E-state index is 12.3. The van der Waals surface area contributed by atoms with Crippen molar-refractivity contribution >= 4 is 47.0 Å². The molecule has 0 atom stereocenters. The van der Waals surface area contributed by atoms with Crippen LogP contribution in [0.25, 0.3) is 0 Å². The molecule has 0 bridgehead atoms. The molecule has 4 aliphatic rings. The summed E-state index contributed by atoms with van der Waals surface area (Å²) in [7, 11) is 0. The number of esters is 1. The summed E-state index contributed by atoms with van der Waals surface area (Å²) >= 11 is 12.3. The topological polar surface area (TPSA) is 181 Å². The van der Waals surface area contributed by atoms with Crippen LogP contribution in [0, 0.1) is 10.8 Å². The first kappa shape index (κ1) is 41.9. The fourth-order valence-corrected chi connectivity index (χ4v) is 7.56. The number of aromatic nitrogens is 4. The molecule has 3 N–H and O–H groups in total. The van der Waals surface area contributed by atoms with Gasteiger partial charge in [-0.05, 0) is 90.7 Å². The van der Waals surface area contributed by atoms with E-state index in [2.05, 4.69) is 29.7 Å². The van der Waals surface area contributed by atoms with Crippen LogP contribution in [0.1, 0.15) is 95.8 Å². The molecule has 2 saturated heterocycles. The predicted molar refractivity (Wildman–Crippen MR) is 214 cm³/mol. The van der Waals surface area contributed by atoms with Crippen molar-refractivity contribution in [2.24, 2.45) is 10.8 Å². The maximum absolute atomic E-state index is 12.3.